The first-order chi connectivity index (χ1) is 12.1. The molecule has 126 valence electrons. The minimum absolute atomic E-state index is 0.136. The SMILES string of the molecule is Nc1cc2c(nn1)CCN(C(=O)c1cc(-c3ccccc3F)on1)C2. The van der Waals surface area contributed by atoms with Crippen LogP contribution in [-0.2, 0) is 13.0 Å². The highest BCUT2D eigenvalue weighted by Crippen LogP contribution is 2.25. The summed E-state index contributed by atoms with van der Waals surface area (Å²) in [5.74, 6) is -0.184. The number of amides is 1. The molecule has 0 saturated heterocycles. The molecule has 0 aliphatic carbocycles. The van der Waals surface area contributed by atoms with Gasteiger partial charge in [-0.25, -0.2) is 4.39 Å². The van der Waals surface area contributed by atoms with Crippen LogP contribution in [0.25, 0.3) is 11.3 Å². The van der Waals surface area contributed by atoms with Crippen molar-refractivity contribution < 1.29 is 13.7 Å². The highest BCUT2D eigenvalue weighted by atomic mass is 19.1. The molecule has 2 aromatic heterocycles. The minimum Gasteiger partial charge on any atom is -0.382 e. The number of fused-ring (bicyclic) bond motifs is 1. The number of aromatic nitrogens is 3. The van der Waals surface area contributed by atoms with Crippen LogP contribution in [0.4, 0.5) is 10.2 Å². The van der Waals surface area contributed by atoms with Crippen molar-refractivity contribution in [1.29, 1.82) is 0 Å². The first kappa shape index (κ1) is 15.3. The second-order valence-electron chi connectivity index (χ2n) is 5.77. The van der Waals surface area contributed by atoms with E-state index in [0.717, 1.165) is 11.3 Å². The minimum atomic E-state index is -0.432. The highest BCUT2D eigenvalue weighted by molar-refractivity contribution is 5.93. The van der Waals surface area contributed by atoms with Crippen molar-refractivity contribution in [3.8, 4) is 11.3 Å². The van der Waals surface area contributed by atoms with Crippen LogP contribution < -0.4 is 5.73 Å². The third-order valence-electron chi connectivity index (χ3n) is 4.11. The summed E-state index contributed by atoms with van der Waals surface area (Å²) in [7, 11) is 0. The van der Waals surface area contributed by atoms with E-state index in [4.69, 9.17) is 10.3 Å². The van der Waals surface area contributed by atoms with E-state index in [1.165, 1.54) is 12.1 Å². The smallest absolute Gasteiger partial charge is 0.276 e. The van der Waals surface area contributed by atoms with Gasteiger partial charge >= 0.3 is 0 Å². The van der Waals surface area contributed by atoms with E-state index in [0.29, 0.717) is 25.3 Å². The van der Waals surface area contributed by atoms with E-state index in [1.54, 1.807) is 29.2 Å². The van der Waals surface area contributed by atoms with E-state index in [1.807, 2.05) is 0 Å². The van der Waals surface area contributed by atoms with E-state index < -0.39 is 5.82 Å². The number of nitrogen functional groups attached to an aromatic ring is 1. The van der Waals surface area contributed by atoms with Gasteiger partial charge in [-0.3, -0.25) is 4.79 Å². The van der Waals surface area contributed by atoms with E-state index in [-0.39, 0.29) is 22.9 Å². The van der Waals surface area contributed by atoms with E-state index >= 15 is 0 Å². The molecule has 0 spiro atoms. The van der Waals surface area contributed by atoms with Crippen LogP contribution in [-0.4, -0.2) is 32.7 Å². The van der Waals surface area contributed by atoms with Crippen molar-refractivity contribution in [2.45, 2.75) is 13.0 Å². The second-order valence-corrected chi connectivity index (χ2v) is 5.77. The number of hydrogen-bond donors (Lipinski definition) is 1. The Bertz CT molecular complexity index is 956. The van der Waals surface area contributed by atoms with Crippen molar-refractivity contribution in [3.05, 3.63) is 59.2 Å². The van der Waals surface area contributed by atoms with Gasteiger partial charge in [-0.05, 0) is 23.8 Å². The number of carbonyl (C=O) groups is 1. The monoisotopic (exact) mass is 339 g/mol. The molecule has 0 saturated carbocycles. The summed E-state index contributed by atoms with van der Waals surface area (Å²) >= 11 is 0. The molecule has 7 nitrogen and oxygen atoms in total. The fourth-order valence-corrected chi connectivity index (χ4v) is 2.85. The molecular formula is C17H14FN5O2. The number of hydrogen-bond acceptors (Lipinski definition) is 6. The fraction of sp³-hybridized carbons (Fsp3) is 0.176. The summed E-state index contributed by atoms with van der Waals surface area (Å²) in [4.78, 5) is 14.3. The van der Waals surface area contributed by atoms with E-state index in [2.05, 4.69) is 15.4 Å². The summed E-state index contributed by atoms with van der Waals surface area (Å²) in [6, 6.07) is 9.34. The standard InChI is InChI=1S/C17H14FN5O2/c18-12-4-2-1-3-11(12)15-8-14(22-25-15)17(24)23-6-5-13-10(9-23)7-16(19)21-20-13/h1-4,7-8H,5-6,9H2,(H2,19,21). The normalized spacial score (nSPS) is 13.6. The maximum absolute atomic E-state index is 13.8. The molecule has 2 N–H and O–H groups in total. The van der Waals surface area contributed by atoms with Crippen LogP contribution in [0.3, 0.4) is 0 Å². The van der Waals surface area contributed by atoms with Crippen LogP contribution in [0, 0.1) is 5.82 Å². The average molecular weight is 339 g/mol. The zero-order valence-corrected chi connectivity index (χ0v) is 13.1. The Morgan fingerprint density at radius 1 is 1.24 bits per heavy atom. The third kappa shape index (κ3) is 2.82. The van der Waals surface area contributed by atoms with Gasteiger partial charge in [-0.1, -0.05) is 17.3 Å². The number of nitrogens with zero attached hydrogens (tertiary/aromatic N) is 4. The number of benzene rings is 1. The zero-order valence-electron chi connectivity index (χ0n) is 13.1. The highest BCUT2D eigenvalue weighted by Gasteiger charge is 2.26. The van der Waals surface area contributed by atoms with Crippen LogP contribution >= 0.6 is 0 Å². The maximum atomic E-state index is 13.8. The first-order valence-corrected chi connectivity index (χ1v) is 7.73. The topological polar surface area (TPSA) is 98.1 Å². The molecule has 3 aromatic rings. The predicted octanol–water partition coefficient (Wildman–Crippen LogP) is 2.05. The van der Waals surface area contributed by atoms with Crippen molar-refractivity contribution in [3.63, 3.8) is 0 Å². The van der Waals surface area contributed by atoms with Crippen LogP contribution in [0.1, 0.15) is 21.7 Å². The Kier molecular flexibility index (Phi) is 3.64. The molecule has 1 aliphatic rings. The lowest BCUT2D eigenvalue weighted by molar-refractivity contribution is 0.0722. The fourth-order valence-electron chi connectivity index (χ4n) is 2.85. The molecule has 8 heteroatoms. The molecule has 0 fully saturated rings. The first-order valence-electron chi connectivity index (χ1n) is 7.73. The van der Waals surface area contributed by atoms with Crippen molar-refractivity contribution >= 4 is 11.7 Å². The molecule has 4 rings (SSSR count). The molecule has 0 bridgehead atoms. The Hall–Kier alpha value is -3.29. The second kappa shape index (κ2) is 5.97. The number of halogens is 1. The van der Waals surface area contributed by atoms with E-state index in [9.17, 15) is 9.18 Å². The van der Waals surface area contributed by atoms with Crippen molar-refractivity contribution in [2.24, 2.45) is 0 Å². The predicted molar refractivity (Wildman–Crippen MR) is 86.8 cm³/mol. The Balaban J connectivity index is 1.57. The molecule has 25 heavy (non-hydrogen) atoms. The van der Waals surface area contributed by atoms with Gasteiger partial charge in [-0.15, -0.1) is 5.10 Å². The Labute approximate surface area is 142 Å². The molecule has 0 atom stereocenters. The summed E-state index contributed by atoms with van der Waals surface area (Å²) in [5.41, 5.74) is 7.76. The largest absolute Gasteiger partial charge is 0.382 e. The number of rotatable bonds is 2. The summed E-state index contributed by atoms with van der Waals surface area (Å²) in [5, 5.41) is 11.7. The molecule has 0 radical (unpaired) electrons. The van der Waals surface area contributed by atoms with Gasteiger partial charge in [0.05, 0.1) is 11.3 Å². The summed E-state index contributed by atoms with van der Waals surface area (Å²) < 4.78 is 19.0. The molecule has 1 aromatic carbocycles. The van der Waals surface area contributed by atoms with Crippen LogP contribution in [0.15, 0.2) is 40.9 Å². The number of nitrogens with two attached hydrogens (primary N) is 1. The van der Waals surface area contributed by atoms with Gasteiger partial charge in [-0.2, -0.15) is 5.10 Å². The molecule has 1 amide bonds. The van der Waals surface area contributed by atoms with Gasteiger partial charge in [0.15, 0.2) is 11.5 Å². The molecule has 0 unspecified atom stereocenters. The maximum Gasteiger partial charge on any atom is 0.276 e. The lowest BCUT2D eigenvalue weighted by Crippen LogP contribution is -2.36. The van der Waals surface area contributed by atoms with Crippen molar-refractivity contribution in [2.75, 3.05) is 12.3 Å². The van der Waals surface area contributed by atoms with Gasteiger partial charge in [0.1, 0.15) is 11.6 Å². The van der Waals surface area contributed by atoms with Gasteiger partial charge in [0, 0.05) is 25.6 Å². The average Bonchev–Trinajstić information content (AvgIpc) is 3.10. The molecule has 1 aliphatic heterocycles. The Morgan fingerprint density at radius 2 is 2.08 bits per heavy atom. The number of anilines is 1. The van der Waals surface area contributed by atoms with Crippen molar-refractivity contribution in [1.82, 2.24) is 20.3 Å². The quantitative estimate of drug-likeness (QED) is 0.767. The van der Waals surface area contributed by atoms with Crippen LogP contribution in [0.2, 0.25) is 0 Å². The zero-order chi connectivity index (χ0) is 17.4. The molecule has 3 heterocycles. The lowest BCUT2D eigenvalue weighted by atomic mass is 10.1. The third-order valence-corrected chi connectivity index (χ3v) is 4.11. The van der Waals surface area contributed by atoms with Gasteiger partial charge in [0.2, 0.25) is 0 Å². The van der Waals surface area contributed by atoms with Gasteiger partial charge in [0.25, 0.3) is 5.91 Å². The Morgan fingerprint density at radius 3 is 2.92 bits per heavy atom. The van der Waals surface area contributed by atoms with Crippen LogP contribution in [0.5, 0.6) is 0 Å². The summed E-state index contributed by atoms with van der Waals surface area (Å²) in [6.45, 7) is 0.863. The summed E-state index contributed by atoms with van der Waals surface area (Å²) in [6.07, 6.45) is 0.590. The molecular weight excluding hydrogens is 325 g/mol. The lowest BCUT2D eigenvalue weighted by Gasteiger charge is -2.27. The number of carbonyl (C=O) groups excluding carboxylic acids is 1. The van der Waals surface area contributed by atoms with Gasteiger partial charge < -0.3 is 15.2 Å².